The third-order valence-corrected chi connectivity index (χ3v) is 5.54. The molecule has 3 rings (SSSR count). The van der Waals surface area contributed by atoms with Crippen molar-refractivity contribution in [1.82, 2.24) is 4.90 Å². The third kappa shape index (κ3) is 5.02. The lowest BCUT2D eigenvalue weighted by Crippen LogP contribution is -2.57. The first-order chi connectivity index (χ1) is 13.1. The zero-order valence-electron chi connectivity index (χ0n) is 17.7. The van der Waals surface area contributed by atoms with Crippen molar-refractivity contribution in [3.05, 3.63) is 28.8 Å². The van der Waals surface area contributed by atoms with Crippen molar-refractivity contribution in [2.75, 3.05) is 18.0 Å². The number of fused-ring (bicyclic) bond motifs is 2. The number of nitrogens with two attached hydrogens (primary N) is 1. The van der Waals surface area contributed by atoms with Crippen LogP contribution in [0, 0.1) is 18.3 Å². The summed E-state index contributed by atoms with van der Waals surface area (Å²) in [6.07, 6.45) is 2.50. The molecule has 160 valence electrons. The van der Waals surface area contributed by atoms with Gasteiger partial charge in [0, 0.05) is 19.1 Å². The van der Waals surface area contributed by atoms with Gasteiger partial charge in [-0.25, -0.2) is 4.79 Å². The summed E-state index contributed by atoms with van der Waals surface area (Å²) in [7, 11) is 0. The predicted molar refractivity (Wildman–Crippen MR) is 117 cm³/mol. The summed E-state index contributed by atoms with van der Waals surface area (Å²) in [5.74, 6) is 0. The van der Waals surface area contributed by atoms with Crippen molar-refractivity contribution in [1.29, 1.82) is 5.26 Å². The summed E-state index contributed by atoms with van der Waals surface area (Å²) in [4.78, 5) is 16.9. The van der Waals surface area contributed by atoms with Crippen LogP contribution < -0.4 is 10.6 Å². The molecule has 3 atom stereocenters. The Bertz CT molecular complexity index is 777. The Morgan fingerprint density at radius 2 is 1.90 bits per heavy atom. The van der Waals surface area contributed by atoms with Crippen molar-refractivity contribution in [3.63, 3.8) is 0 Å². The van der Waals surface area contributed by atoms with E-state index in [2.05, 4.69) is 24.0 Å². The first kappa shape index (κ1) is 23.0. The second kappa shape index (κ2) is 8.62. The van der Waals surface area contributed by atoms with Crippen molar-refractivity contribution in [2.45, 2.75) is 85.0 Å². The number of ether oxygens (including phenoxy) is 1. The van der Waals surface area contributed by atoms with E-state index in [4.69, 9.17) is 10.5 Å². The number of amides is 1. The van der Waals surface area contributed by atoms with E-state index in [1.54, 1.807) is 0 Å². The fraction of sp³-hybridized carbons (Fsp3) is 0.652. The van der Waals surface area contributed by atoms with Gasteiger partial charge in [0.05, 0.1) is 23.3 Å². The summed E-state index contributed by atoms with van der Waals surface area (Å²) in [6.45, 7) is 11.2. The van der Waals surface area contributed by atoms with Gasteiger partial charge >= 0.3 is 6.09 Å². The Morgan fingerprint density at radius 3 is 2.38 bits per heavy atom. The molecular weight excluding hydrogens is 364 g/mol. The number of anilines is 1. The first-order valence-electron chi connectivity index (χ1n) is 10.1. The largest absolute Gasteiger partial charge is 0.444 e. The smallest absolute Gasteiger partial charge is 0.410 e. The lowest BCUT2D eigenvalue weighted by atomic mass is 9.97. The van der Waals surface area contributed by atoms with E-state index in [0.717, 1.165) is 49.2 Å². The normalized spacial score (nSPS) is 22.0. The molecule has 2 fully saturated rings. The lowest BCUT2D eigenvalue weighted by Gasteiger charge is -2.42. The molecule has 6 nitrogen and oxygen atoms in total. The monoisotopic (exact) mass is 400 g/mol. The van der Waals surface area contributed by atoms with Gasteiger partial charge < -0.3 is 15.4 Å². The highest BCUT2D eigenvalue weighted by Gasteiger charge is 2.44. The van der Waals surface area contributed by atoms with Crippen LogP contribution in [0.25, 0.3) is 0 Å². The van der Waals surface area contributed by atoms with Crippen LogP contribution >= 0.6 is 0 Å². The number of hydrogen-bond donors (Lipinski definition) is 1. The van der Waals surface area contributed by atoms with Gasteiger partial charge in [-0.2, -0.15) is 5.26 Å². The molecule has 0 aliphatic carbocycles. The van der Waals surface area contributed by atoms with Crippen LogP contribution in [0.2, 0.25) is 0 Å². The standard InChI is InChI=1S/C22H32N4O2.CH4/c1-14-8-20(17(11-23)10-16(14)9-15(2)24)25-12-18-6-7-19(13-25)26(18)21(27)28-22(3,4)5;/h8,10,15,18-19H,6-7,9,12-13,24H2,1-5H3;1H4. The predicted octanol–water partition coefficient (Wildman–Crippen LogP) is 3.98. The van der Waals surface area contributed by atoms with Crippen LogP contribution in [0.3, 0.4) is 0 Å². The molecule has 2 aliphatic heterocycles. The summed E-state index contributed by atoms with van der Waals surface area (Å²) in [6, 6.07) is 6.77. The summed E-state index contributed by atoms with van der Waals surface area (Å²) in [5.41, 5.74) is 9.41. The first-order valence-corrected chi connectivity index (χ1v) is 10.1. The zero-order chi connectivity index (χ0) is 20.6. The van der Waals surface area contributed by atoms with Crippen molar-refractivity contribution < 1.29 is 9.53 Å². The van der Waals surface area contributed by atoms with Gasteiger partial charge in [0.1, 0.15) is 11.7 Å². The molecule has 2 saturated heterocycles. The van der Waals surface area contributed by atoms with Gasteiger partial charge in [-0.15, -0.1) is 0 Å². The molecule has 0 spiro atoms. The van der Waals surface area contributed by atoms with Gasteiger partial charge in [-0.1, -0.05) is 7.43 Å². The van der Waals surface area contributed by atoms with E-state index in [1.807, 2.05) is 38.7 Å². The van der Waals surface area contributed by atoms with Crippen LogP contribution in [0.15, 0.2) is 12.1 Å². The maximum atomic E-state index is 12.7. The molecule has 2 bridgehead atoms. The molecule has 1 aromatic carbocycles. The van der Waals surface area contributed by atoms with Crippen LogP contribution in [0.4, 0.5) is 10.5 Å². The summed E-state index contributed by atoms with van der Waals surface area (Å²) < 4.78 is 5.62. The molecule has 0 aromatic heterocycles. The number of nitrogens with zero attached hydrogens (tertiary/aromatic N) is 3. The number of carbonyl (C=O) groups is 1. The Morgan fingerprint density at radius 1 is 1.31 bits per heavy atom. The number of rotatable bonds is 3. The van der Waals surface area contributed by atoms with Crippen molar-refractivity contribution in [2.24, 2.45) is 5.73 Å². The van der Waals surface area contributed by atoms with Crippen LogP contribution in [0.5, 0.6) is 0 Å². The molecule has 0 saturated carbocycles. The van der Waals surface area contributed by atoms with Crippen molar-refractivity contribution >= 4 is 11.8 Å². The van der Waals surface area contributed by atoms with E-state index in [-0.39, 0.29) is 31.6 Å². The molecule has 3 unspecified atom stereocenters. The van der Waals surface area contributed by atoms with Crippen molar-refractivity contribution in [3.8, 4) is 6.07 Å². The highest BCUT2D eigenvalue weighted by atomic mass is 16.6. The zero-order valence-corrected chi connectivity index (χ0v) is 17.7. The number of hydrogen-bond acceptors (Lipinski definition) is 5. The minimum Gasteiger partial charge on any atom is -0.444 e. The molecule has 2 aliphatic rings. The fourth-order valence-electron chi connectivity index (χ4n) is 4.37. The van der Waals surface area contributed by atoms with Gasteiger partial charge in [-0.3, -0.25) is 4.90 Å². The van der Waals surface area contributed by atoms with Crippen LogP contribution in [-0.4, -0.2) is 47.8 Å². The summed E-state index contributed by atoms with van der Waals surface area (Å²) in [5, 5.41) is 9.72. The quantitative estimate of drug-likeness (QED) is 0.830. The molecular formula is C23H36N4O2. The topological polar surface area (TPSA) is 82.6 Å². The number of benzene rings is 1. The average molecular weight is 401 g/mol. The number of piperazine rings is 1. The second-order valence-electron chi connectivity index (χ2n) is 9.27. The molecule has 6 heteroatoms. The highest BCUT2D eigenvalue weighted by Crippen LogP contribution is 2.35. The second-order valence-corrected chi connectivity index (χ2v) is 9.27. The third-order valence-electron chi connectivity index (χ3n) is 5.54. The van der Waals surface area contributed by atoms with Gasteiger partial charge in [-0.05, 0) is 77.1 Å². The Balaban J connectivity index is 0.00000300. The fourth-order valence-corrected chi connectivity index (χ4v) is 4.37. The van der Waals surface area contributed by atoms with Crippen LogP contribution in [0.1, 0.15) is 64.7 Å². The molecule has 1 amide bonds. The Labute approximate surface area is 175 Å². The minimum absolute atomic E-state index is 0. The molecule has 2 heterocycles. The maximum absolute atomic E-state index is 12.7. The maximum Gasteiger partial charge on any atom is 0.410 e. The average Bonchev–Trinajstić information content (AvgIpc) is 2.85. The number of nitriles is 1. The van der Waals surface area contributed by atoms with E-state index in [9.17, 15) is 10.1 Å². The molecule has 1 aromatic rings. The van der Waals surface area contributed by atoms with E-state index < -0.39 is 5.60 Å². The highest BCUT2D eigenvalue weighted by molar-refractivity contribution is 5.71. The summed E-state index contributed by atoms with van der Waals surface area (Å²) >= 11 is 0. The Hall–Kier alpha value is -2.26. The molecule has 2 N–H and O–H groups in total. The van der Waals surface area contributed by atoms with Gasteiger partial charge in [0.15, 0.2) is 0 Å². The Kier molecular flexibility index (Phi) is 6.85. The van der Waals surface area contributed by atoms with Gasteiger partial charge in [0.25, 0.3) is 0 Å². The SMILES string of the molecule is C.Cc1cc(N2CC3CCC(C2)N3C(=O)OC(C)(C)C)c(C#N)cc1CC(C)N. The number of aryl methyl sites for hydroxylation is 1. The van der Waals surface area contributed by atoms with E-state index in [1.165, 1.54) is 0 Å². The van der Waals surface area contributed by atoms with Gasteiger partial charge in [0.2, 0.25) is 0 Å². The minimum atomic E-state index is -0.491. The molecule has 0 radical (unpaired) electrons. The van der Waals surface area contributed by atoms with Crippen LogP contribution in [-0.2, 0) is 11.2 Å². The lowest BCUT2D eigenvalue weighted by molar-refractivity contribution is 0.0123. The van der Waals surface area contributed by atoms with E-state index in [0.29, 0.717) is 5.56 Å². The molecule has 29 heavy (non-hydrogen) atoms. The number of carbonyl (C=O) groups excluding carboxylic acids is 1. The van der Waals surface area contributed by atoms with E-state index >= 15 is 0 Å².